The van der Waals surface area contributed by atoms with Crippen LogP contribution in [-0.4, -0.2) is 217 Å². The van der Waals surface area contributed by atoms with Crippen LogP contribution in [0.15, 0.2) is 59.6 Å². The highest BCUT2D eigenvalue weighted by Gasteiger charge is 2.53. The molecule has 0 saturated carbocycles. The maximum absolute atomic E-state index is 15.3. The van der Waals surface area contributed by atoms with Crippen molar-refractivity contribution in [2.24, 2.45) is 17.8 Å². The van der Waals surface area contributed by atoms with Crippen LogP contribution in [0.3, 0.4) is 0 Å². The smallest absolute Gasteiger partial charge is 0.253 e. The van der Waals surface area contributed by atoms with Gasteiger partial charge < -0.3 is 83.5 Å². The summed E-state index contributed by atoms with van der Waals surface area (Å²) in [6.07, 6.45) is -2.69. The molecule has 4 aliphatic heterocycles. The largest absolute Gasteiger partial charge is 0.508 e. The fourth-order valence-electron chi connectivity index (χ4n) is 11.0. The van der Waals surface area contributed by atoms with Crippen LogP contribution in [0, 0.1) is 17.8 Å². The molecule has 13 amide bonds. The molecule has 94 heavy (non-hydrogen) atoms. The number of aromatic hydroxyl groups is 1. The molecule has 16 N–H and O–H groups in total. The molecule has 4 aliphatic rings. The van der Waals surface area contributed by atoms with Gasteiger partial charge in [-0.15, -0.1) is 11.8 Å². The van der Waals surface area contributed by atoms with Gasteiger partial charge in [0.25, 0.3) is 11.8 Å². The lowest BCUT2D eigenvalue weighted by atomic mass is 9.92. The number of hydrogen-bond acceptors (Lipinski definition) is 20. The lowest BCUT2D eigenvalue weighted by Gasteiger charge is -2.41. The van der Waals surface area contributed by atoms with Gasteiger partial charge in [-0.3, -0.25) is 77.3 Å². The summed E-state index contributed by atoms with van der Waals surface area (Å²) in [6.45, 7) is 5.95. The number of aliphatic hydroxyl groups excluding tert-OH is 3. The Labute approximate surface area is 543 Å². The number of nitrogens with zero attached hydrogens (tertiary/aromatic N) is 2. The Kier molecular flexibility index (Phi) is 24.6. The van der Waals surface area contributed by atoms with Gasteiger partial charge in [-0.05, 0) is 54.2 Å². The first-order chi connectivity index (χ1) is 44.5. The molecule has 32 nitrogen and oxygen atoms in total. The molecule has 1 saturated heterocycles. The van der Waals surface area contributed by atoms with Gasteiger partial charge in [-0.2, -0.15) is 0 Å². The van der Waals surface area contributed by atoms with E-state index in [2.05, 4.69) is 63.5 Å². The number of phenols is 1. The molecule has 508 valence electrons. The number of aliphatic hydroxyl groups is 3. The number of aldehydes is 1. The van der Waals surface area contributed by atoms with Crippen LogP contribution in [-0.2, 0) is 80.1 Å². The summed E-state index contributed by atoms with van der Waals surface area (Å²) >= 11 is 0.911. The van der Waals surface area contributed by atoms with E-state index < -0.39 is 206 Å². The Hall–Kier alpha value is -9.31. The second kappa shape index (κ2) is 32.0. The quantitative estimate of drug-likeness (QED) is 0.0400. The molecule has 2 unspecified atom stereocenters. The van der Waals surface area contributed by atoms with Crippen LogP contribution in [0.25, 0.3) is 10.9 Å². The number of amides is 13. The molecule has 0 radical (unpaired) electrons. The van der Waals surface area contributed by atoms with E-state index in [0.29, 0.717) is 28.5 Å². The highest BCUT2D eigenvalue weighted by molar-refractivity contribution is 7.99. The highest BCUT2D eigenvalue weighted by Crippen LogP contribution is 2.34. The number of aromatic amines is 1. The first-order valence-electron chi connectivity index (χ1n) is 30.6. The monoisotopic (exact) mass is 1330 g/mol. The van der Waals surface area contributed by atoms with Crippen molar-refractivity contribution in [1.82, 2.24) is 68.0 Å². The summed E-state index contributed by atoms with van der Waals surface area (Å²) in [7, 11) is 0. The summed E-state index contributed by atoms with van der Waals surface area (Å²) in [5.41, 5.74) is -1.09. The first-order valence-corrected chi connectivity index (χ1v) is 31.6. The summed E-state index contributed by atoms with van der Waals surface area (Å²) < 4.78 is 0. The van der Waals surface area contributed by atoms with Gasteiger partial charge in [0.1, 0.15) is 42.0 Å². The number of benzene rings is 2. The Morgan fingerprint density at radius 3 is 2.11 bits per heavy atom. The minimum absolute atomic E-state index is 0.183. The Balaban J connectivity index is 1.17. The van der Waals surface area contributed by atoms with Gasteiger partial charge >= 0.3 is 0 Å². The van der Waals surface area contributed by atoms with Crippen LogP contribution in [0.4, 0.5) is 5.69 Å². The Morgan fingerprint density at radius 2 is 1.46 bits per heavy atom. The fourth-order valence-corrected chi connectivity index (χ4v) is 12.1. The molecule has 33 heteroatoms. The third kappa shape index (κ3) is 18.1. The average molecular weight is 1330 g/mol. The summed E-state index contributed by atoms with van der Waals surface area (Å²) in [5, 5.41) is 72.4. The lowest BCUT2D eigenvalue weighted by Crippen LogP contribution is -2.69. The van der Waals surface area contributed by atoms with Gasteiger partial charge in [0.05, 0.1) is 54.9 Å². The molecule has 0 spiro atoms. The number of imide groups is 1. The number of thioether (sulfide) groups is 1. The van der Waals surface area contributed by atoms with Crippen LogP contribution < -0.4 is 58.5 Å². The number of anilines is 1. The van der Waals surface area contributed by atoms with E-state index in [0.717, 1.165) is 33.7 Å². The van der Waals surface area contributed by atoms with Crippen molar-refractivity contribution in [3.63, 3.8) is 0 Å². The van der Waals surface area contributed by atoms with Crippen molar-refractivity contribution in [2.75, 3.05) is 43.9 Å². The normalized spacial score (nSPS) is 24.3. The van der Waals surface area contributed by atoms with Gasteiger partial charge in [-0.25, -0.2) is 0 Å². The average Bonchev–Trinajstić information content (AvgIpc) is 1.59. The molecular formula is C61H80N14O18S. The lowest BCUT2D eigenvalue weighted by molar-refractivity contribution is -0.147. The Morgan fingerprint density at radius 1 is 0.787 bits per heavy atom. The number of H-pyrrole nitrogens is 1. The van der Waals surface area contributed by atoms with Crippen molar-refractivity contribution in [3.05, 3.63) is 65.7 Å². The Bertz CT molecular complexity index is 3440. The van der Waals surface area contributed by atoms with E-state index in [1.54, 1.807) is 27.7 Å². The number of hydrogen-bond donors (Lipinski definition) is 16. The standard InChI is InChI=1S/C61H80N14O18S/c1-7-30(4)51-56(90)64-23-46(83)67-42-27-94-59-38(37-13-12-35(78)18-39(37)70-59)19-40(54(88)63-24-47(84)72-51)68-58(92)52(31(5)43(80)26-76)73-61(28-77)21-36(79)25-75(61)60(93)41(69-55(42)89)20-45(82)62-22-33-8-10-34(11-9-33)66-53(87)32(6)65-57(91)50(29(2)3)71-44(81)16-17-74-48(85)14-15-49(74)86/h8-15,18,28-32,36,40-43,50-52,70,73,76,78-80H,7,16-17,19-27H2,1-6H3,(H,62,82)(H,63,88)(H,64,90)(H,65,91)(H,66,87)(H,67,83)(H,68,92)(H,69,89)(H,71,81)(H,72,84)/t30-,31-,32-,36+,40-,41-,42?,43-,50?,51-,52-,61-/m0/s1. The summed E-state index contributed by atoms with van der Waals surface area (Å²) in [5.74, 6) is -13.8. The maximum Gasteiger partial charge on any atom is 0.253 e. The topological polar surface area (TPSA) is 474 Å². The molecule has 1 fully saturated rings. The minimum atomic E-state index is -2.39. The number of aromatic nitrogens is 1. The number of carbonyl (C=O) groups excluding carboxylic acids is 14. The van der Waals surface area contributed by atoms with Gasteiger partial charge in [0, 0.05) is 79.9 Å². The van der Waals surface area contributed by atoms with Gasteiger partial charge in [-0.1, -0.05) is 53.2 Å². The number of fused-ring (bicyclic) bond motifs is 5. The predicted octanol–water partition coefficient (Wildman–Crippen LogP) is -4.21. The zero-order chi connectivity index (χ0) is 68.9. The third-order valence-corrected chi connectivity index (χ3v) is 17.8. The van der Waals surface area contributed by atoms with Crippen molar-refractivity contribution in [1.29, 1.82) is 0 Å². The molecule has 2 bridgehead atoms. The number of rotatable bonds is 19. The van der Waals surface area contributed by atoms with E-state index in [1.165, 1.54) is 56.3 Å². The van der Waals surface area contributed by atoms with Crippen molar-refractivity contribution in [2.45, 2.75) is 145 Å². The molecule has 3 aromatic rings. The fraction of sp³-hybridized carbons (Fsp3) is 0.508. The van der Waals surface area contributed by atoms with E-state index in [4.69, 9.17) is 0 Å². The van der Waals surface area contributed by atoms with Crippen molar-refractivity contribution >= 4 is 111 Å². The second-order valence-electron chi connectivity index (χ2n) is 24.0. The molecule has 0 aliphatic carbocycles. The van der Waals surface area contributed by atoms with E-state index in [9.17, 15) is 78.0 Å². The molecule has 1 aromatic heterocycles. The minimum Gasteiger partial charge on any atom is -0.508 e. The van der Waals surface area contributed by atoms with Gasteiger partial charge in [0.15, 0.2) is 11.9 Å². The first kappa shape index (κ1) is 72.1. The molecule has 7 rings (SSSR count). The van der Waals surface area contributed by atoms with Gasteiger partial charge in [0.2, 0.25) is 65.0 Å². The zero-order valence-corrected chi connectivity index (χ0v) is 53.3. The van der Waals surface area contributed by atoms with Crippen molar-refractivity contribution in [3.8, 4) is 5.75 Å². The summed E-state index contributed by atoms with van der Waals surface area (Å²) in [6, 6.07) is -0.305. The van der Waals surface area contributed by atoms with Crippen LogP contribution >= 0.6 is 11.8 Å². The van der Waals surface area contributed by atoms with Crippen LogP contribution in [0.2, 0.25) is 0 Å². The molecule has 2 aromatic carbocycles. The highest BCUT2D eigenvalue weighted by atomic mass is 32.2. The van der Waals surface area contributed by atoms with E-state index >= 15 is 9.59 Å². The number of carbonyl (C=O) groups is 14. The van der Waals surface area contributed by atoms with Crippen molar-refractivity contribution < 1.29 is 87.5 Å². The van der Waals surface area contributed by atoms with E-state index in [1.807, 2.05) is 0 Å². The molecule has 12 atom stereocenters. The van der Waals surface area contributed by atoms with Crippen LogP contribution in [0.5, 0.6) is 5.75 Å². The molecule has 5 heterocycles. The second-order valence-corrected chi connectivity index (χ2v) is 25.0. The molecular weight excluding hydrogens is 1250 g/mol. The number of nitrogens with one attached hydrogen (secondary N) is 12. The third-order valence-electron chi connectivity index (χ3n) is 16.7. The van der Waals surface area contributed by atoms with Crippen LogP contribution in [0.1, 0.15) is 78.4 Å². The number of phenolic OH excluding ortho intramolecular Hbond substituents is 1. The maximum atomic E-state index is 15.3. The SMILES string of the molecule is CC[C@H](C)[C@@H]1NC(=O)CNC(=O)[C@@H]2Cc3c([nH]c4cc(O)ccc34)SCC(NC(=O)CNC1=O)C(=O)N[C@@H](CC(=O)NCc1ccc(NC(=O)[C@H](C)NC(=O)C(NC(=O)CCN3C(=O)C=CC3=O)C(C)C)cc1)C(=O)N1C[C@H](O)C[C@]1(C=O)N[C@@H]([C@@H](C)[C@@H](O)CO)C(=O)N2. The van der Waals surface area contributed by atoms with E-state index in [-0.39, 0.29) is 42.3 Å². The zero-order valence-electron chi connectivity index (χ0n) is 52.5. The predicted molar refractivity (Wildman–Crippen MR) is 334 cm³/mol. The summed E-state index contributed by atoms with van der Waals surface area (Å²) in [4.78, 5) is 197.